The maximum absolute atomic E-state index is 4.53. The van der Waals surface area contributed by atoms with Crippen LogP contribution in [-0.4, -0.2) is 37.6 Å². The lowest BCUT2D eigenvalue weighted by molar-refractivity contribution is 0.794. The first-order valence-corrected chi connectivity index (χ1v) is 6.84. The second-order valence-electron chi connectivity index (χ2n) is 3.07. The van der Waals surface area contributed by atoms with Crippen LogP contribution in [0.2, 0.25) is 0 Å². The molecule has 0 atom stereocenters. The highest BCUT2D eigenvalue weighted by Gasteiger charge is 2.05. The zero-order chi connectivity index (χ0) is 10.4. The van der Waals surface area contributed by atoms with Gasteiger partial charge in [-0.05, 0) is 13.3 Å². The fourth-order valence-electron chi connectivity index (χ4n) is 1.06. The third kappa shape index (κ3) is 3.48. The fourth-order valence-corrected chi connectivity index (χ4v) is 2.33. The highest BCUT2D eigenvalue weighted by Crippen LogP contribution is 2.19. The van der Waals surface area contributed by atoms with Gasteiger partial charge in [0, 0.05) is 31.3 Å². The molecule has 80 valence electrons. The van der Waals surface area contributed by atoms with E-state index >= 15 is 0 Å². The number of hydrogen-bond donors (Lipinski definition) is 1. The normalized spacial score (nSPS) is 10.5. The Bertz CT molecular complexity index is 262. The van der Waals surface area contributed by atoms with Gasteiger partial charge in [-0.15, -0.1) is 11.3 Å². The molecule has 0 radical (unpaired) electrons. The maximum Gasteiger partial charge on any atom is 0.185 e. The van der Waals surface area contributed by atoms with Crippen molar-refractivity contribution < 1.29 is 0 Å². The Morgan fingerprint density at radius 3 is 3.07 bits per heavy atom. The van der Waals surface area contributed by atoms with E-state index in [1.807, 2.05) is 18.8 Å². The Hall–Kier alpha value is -0.260. The van der Waals surface area contributed by atoms with Crippen molar-refractivity contribution >= 4 is 28.2 Å². The number of thioether (sulfide) groups is 1. The minimum absolute atomic E-state index is 0.854. The lowest BCUT2D eigenvalue weighted by Crippen LogP contribution is -2.20. The molecule has 1 heterocycles. The first-order chi connectivity index (χ1) is 6.77. The molecule has 0 amide bonds. The van der Waals surface area contributed by atoms with E-state index in [1.54, 1.807) is 11.3 Å². The average Bonchev–Trinajstić information content (AvgIpc) is 2.63. The highest BCUT2D eigenvalue weighted by atomic mass is 32.2. The van der Waals surface area contributed by atoms with Gasteiger partial charge in [-0.1, -0.05) is 0 Å². The smallest absolute Gasteiger partial charge is 0.185 e. The van der Waals surface area contributed by atoms with E-state index in [9.17, 15) is 0 Å². The summed E-state index contributed by atoms with van der Waals surface area (Å²) in [6.45, 7) is 1.92. The molecule has 5 heteroatoms. The van der Waals surface area contributed by atoms with Crippen LogP contribution < -0.4 is 10.2 Å². The summed E-state index contributed by atoms with van der Waals surface area (Å²) in [5.41, 5.74) is 1.13. The summed E-state index contributed by atoms with van der Waals surface area (Å²) in [6, 6.07) is 0. The third-order valence-electron chi connectivity index (χ3n) is 1.85. The van der Waals surface area contributed by atoms with Crippen molar-refractivity contribution in [3.05, 3.63) is 11.1 Å². The predicted octanol–water partition coefficient (Wildman–Crippen LogP) is 1.66. The first-order valence-electron chi connectivity index (χ1n) is 4.57. The number of anilines is 1. The molecule has 0 spiro atoms. The highest BCUT2D eigenvalue weighted by molar-refractivity contribution is 7.98. The molecule has 1 N–H and O–H groups in total. The molecule has 0 fully saturated rings. The van der Waals surface area contributed by atoms with Crippen LogP contribution in [0.15, 0.2) is 5.38 Å². The molecule has 0 bridgehead atoms. The standard InChI is InChI=1S/C9H17N3S2/c1-10-6-8-7-14-9(11-8)12(2)4-5-13-3/h7,10H,4-6H2,1-3H3. The third-order valence-corrected chi connectivity index (χ3v) is 3.45. The van der Waals surface area contributed by atoms with Crippen LogP contribution in [0.4, 0.5) is 5.13 Å². The van der Waals surface area contributed by atoms with Crippen molar-refractivity contribution in [1.82, 2.24) is 10.3 Å². The minimum atomic E-state index is 0.854. The maximum atomic E-state index is 4.53. The van der Waals surface area contributed by atoms with E-state index in [4.69, 9.17) is 0 Å². The molecule has 0 aliphatic heterocycles. The van der Waals surface area contributed by atoms with E-state index in [-0.39, 0.29) is 0 Å². The van der Waals surface area contributed by atoms with Crippen LogP contribution in [-0.2, 0) is 6.54 Å². The molecule has 0 saturated carbocycles. The molecule has 14 heavy (non-hydrogen) atoms. The molecule has 1 aromatic heterocycles. The van der Waals surface area contributed by atoms with Crippen molar-refractivity contribution in [1.29, 1.82) is 0 Å². The summed E-state index contributed by atoms with van der Waals surface area (Å²) in [5.74, 6) is 1.15. The first kappa shape index (κ1) is 11.8. The number of nitrogens with zero attached hydrogens (tertiary/aromatic N) is 2. The summed E-state index contributed by atoms with van der Waals surface area (Å²) in [7, 11) is 4.04. The van der Waals surface area contributed by atoms with E-state index < -0.39 is 0 Å². The number of rotatable bonds is 6. The van der Waals surface area contributed by atoms with E-state index in [1.165, 1.54) is 0 Å². The van der Waals surface area contributed by atoms with E-state index in [0.29, 0.717) is 0 Å². The van der Waals surface area contributed by atoms with E-state index in [0.717, 1.165) is 29.7 Å². The van der Waals surface area contributed by atoms with Crippen molar-refractivity contribution in [2.45, 2.75) is 6.54 Å². The summed E-state index contributed by atoms with van der Waals surface area (Å²) in [4.78, 5) is 6.73. The predicted molar refractivity (Wildman–Crippen MR) is 66.5 cm³/mol. The van der Waals surface area contributed by atoms with Crippen LogP contribution in [0.3, 0.4) is 0 Å². The zero-order valence-corrected chi connectivity index (χ0v) is 10.5. The van der Waals surface area contributed by atoms with Crippen molar-refractivity contribution in [3.63, 3.8) is 0 Å². The number of thiazole rings is 1. The Balaban J connectivity index is 2.48. The van der Waals surface area contributed by atoms with Crippen LogP contribution >= 0.6 is 23.1 Å². The van der Waals surface area contributed by atoms with Crippen molar-refractivity contribution in [3.8, 4) is 0 Å². The summed E-state index contributed by atoms with van der Waals surface area (Å²) in [6.07, 6.45) is 2.13. The monoisotopic (exact) mass is 231 g/mol. The fraction of sp³-hybridized carbons (Fsp3) is 0.667. The Labute approximate surface area is 93.9 Å². The second-order valence-corrected chi connectivity index (χ2v) is 4.89. The lowest BCUT2D eigenvalue weighted by Gasteiger charge is -2.14. The molecule has 0 aliphatic rings. The topological polar surface area (TPSA) is 28.2 Å². The van der Waals surface area contributed by atoms with Gasteiger partial charge in [-0.3, -0.25) is 0 Å². The van der Waals surface area contributed by atoms with E-state index in [2.05, 4.69) is 33.9 Å². The van der Waals surface area contributed by atoms with Gasteiger partial charge in [0.05, 0.1) is 5.69 Å². The van der Waals surface area contributed by atoms with Crippen molar-refractivity contribution in [2.24, 2.45) is 0 Å². The molecule has 0 aromatic carbocycles. The minimum Gasteiger partial charge on any atom is -0.350 e. The van der Waals surface area contributed by atoms with Gasteiger partial charge in [-0.2, -0.15) is 11.8 Å². The summed E-state index contributed by atoms with van der Waals surface area (Å²) < 4.78 is 0. The van der Waals surface area contributed by atoms with Gasteiger partial charge in [-0.25, -0.2) is 4.98 Å². The Kier molecular flexibility index (Phi) is 5.29. The summed E-state index contributed by atoms with van der Waals surface area (Å²) >= 11 is 3.58. The van der Waals surface area contributed by atoms with Crippen LogP contribution in [0.1, 0.15) is 5.69 Å². The van der Waals surface area contributed by atoms with Gasteiger partial charge in [0.15, 0.2) is 5.13 Å². The molecular formula is C9H17N3S2. The number of aromatic nitrogens is 1. The second kappa shape index (κ2) is 6.27. The molecule has 3 nitrogen and oxygen atoms in total. The molecular weight excluding hydrogens is 214 g/mol. The molecule has 1 rings (SSSR count). The number of hydrogen-bond acceptors (Lipinski definition) is 5. The molecule has 1 aromatic rings. The Morgan fingerprint density at radius 1 is 1.64 bits per heavy atom. The molecule has 0 saturated heterocycles. The van der Waals surface area contributed by atoms with Gasteiger partial charge in [0.1, 0.15) is 0 Å². The quantitative estimate of drug-likeness (QED) is 0.806. The van der Waals surface area contributed by atoms with Crippen LogP contribution in [0, 0.1) is 0 Å². The summed E-state index contributed by atoms with van der Waals surface area (Å²) in [5, 5.41) is 6.33. The lowest BCUT2D eigenvalue weighted by atomic mass is 10.5. The van der Waals surface area contributed by atoms with Gasteiger partial charge >= 0.3 is 0 Å². The zero-order valence-electron chi connectivity index (χ0n) is 8.91. The Morgan fingerprint density at radius 2 is 2.43 bits per heavy atom. The average molecular weight is 231 g/mol. The molecule has 0 unspecified atom stereocenters. The molecule has 0 aliphatic carbocycles. The SMILES string of the molecule is CNCc1csc(N(C)CCSC)n1. The van der Waals surface area contributed by atoms with Crippen LogP contribution in [0.25, 0.3) is 0 Å². The van der Waals surface area contributed by atoms with Crippen LogP contribution in [0.5, 0.6) is 0 Å². The largest absolute Gasteiger partial charge is 0.350 e. The number of nitrogens with one attached hydrogen (secondary N) is 1. The van der Waals surface area contributed by atoms with Crippen molar-refractivity contribution in [2.75, 3.05) is 37.5 Å². The van der Waals surface area contributed by atoms with Gasteiger partial charge < -0.3 is 10.2 Å². The van der Waals surface area contributed by atoms with Gasteiger partial charge in [0.2, 0.25) is 0 Å². The van der Waals surface area contributed by atoms with Gasteiger partial charge in [0.25, 0.3) is 0 Å².